The highest BCUT2D eigenvalue weighted by Crippen LogP contribution is 2.32. The summed E-state index contributed by atoms with van der Waals surface area (Å²) < 4.78 is 23.1. The molecule has 0 spiro atoms. The first-order chi connectivity index (χ1) is 21.8. The van der Waals surface area contributed by atoms with Crippen LogP contribution in [0.5, 0.6) is 11.5 Å². The summed E-state index contributed by atoms with van der Waals surface area (Å²) >= 11 is 0. The van der Waals surface area contributed by atoms with Gasteiger partial charge in [-0.15, -0.1) is 0 Å². The van der Waals surface area contributed by atoms with E-state index in [-0.39, 0.29) is 11.6 Å². The average Bonchev–Trinajstić information content (AvgIpc) is 3.73. The van der Waals surface area contributed by atoms with Gasteiger partial charge < -0.3 is 28.3 Å². The fourth-order valence-corrected chi connectivity index (χ4v) is 5.18. The Morgan fingerprint density at radius 2 is 1.02 bits per heavy atom. The van der Waals surface area contributed by atoms with Crippen molar-refractivity contribution in [1.29, 1.82) is 0 Å². The van der Waals surface area contributed by atoms with Crippen LogP contribution in [-0.2, 0) is 0 Å². The molecule has 0 atom stereocenters. The van der Waals surface area contributed by atoms with Crippen LogP contribution in [0, 0.1) is 0 Å². The summed E-state index contributed by atoms with van der Waals surface area (Å²) in [6.45, 7) is 15.6. The third kappa shape index (κ3) is 8.32. The number of hydrogen-bond donors (Lipinski definition) is 0. The number of ether oxygens (including phenoxy) is 2. The molecule has 10 nitrogen and oxygen atoms in total. The second-order valence-corrected chi connectivity index (χ2v) is 10.7. The van der Waals surface area contributed by atoms with Gasteiger partial charge in [-0.25, -0.2) is 0 Å². The average molecular weight is 617 g/mol. The van der Waals surface area contributed by atoms with Gasteiger partial charge >= 0.3 is 0 Å². The summed E-state index contributed by atoms with van der Waals surface area (Å²) in [5.74, 6) is 3.75. The minimum atomic E-state index is -0.0699. The number of carbonyl (C=O) groups is 2. The highest BCUT2D eigenvalue weighted by molar-refractivity contribution is 6.01. The van der Waals surface area contributed by atoms with E-state index in [0.717, 1.165) is 57.1 Å². The summed E-state index contributed by atoms with van der Waals surface area (Å²) in [5, 5.41) is 8.35. The Morgan fingerprint density at radius 1 is 0.622 bits per heavy atom. The molecule has 2 aromatic carbocycles. The van der Waals surface area contributed by atoms with Gasteiger partial charge in [0, 0.05) is 60.6 Å². The van der Waals surface area contributed by atoms with Crippen molar-refractivity contribution in [3.05, 3.63) is 59.7 Å². The Bertz CT molecular complexity index is 1450. The second-order valence-electron chi connectivity index (χ2n) is 10.7. The van der Waals surface area contributed by atoms with E-state index in [9.17, 15) is 9.59 Å². The van der Waals surface area contributed by atoms with Crippen molar-refractivity contribution in [2.75, 3.05) is 49.2 Å². The molecule has 0 amide bonds. The zero-order valence-corrected chi connectivity index (χ0v) is 27.2. The molecule has 4 aromatic rings. The predicted molar refractivity (Wildman–Crippen MR) is 176 cm³/mol. The van der Waals surface area contributed by atoms with Crippen molar-refractivity contribution in [3.63, 3.8) is 0 Å². The van der Waals surface area contributed by atoms with Gasteiger partial charge in [0.1, 0.15) is 11.5 Å². The quantitative estimate of drug-likeness (QED) is 0.0813. The van der Waals surface area contributed by atoms with Crippen molar-refractivity contribution in [2.24, 2.45) is 0 Å². The van der Waals surface area contributed by atoms with Gasteiger partial charge in [0.15, 0.2) is 34.7 Å². The number of unbranched alkanes of at least 4 members (excludes halogenated alkanes) is 2. The van der Waals surface area contributed by atoms with Crippen LogP contribution in [0.3, 0.4) is 0 Å². The Kier molecular flexibility index (Phi) is 11.8. The number of rotatable bonds is 18. The highest BCUT2D eigenvalue weighted by Gasteiger charge is 2.18. The third-order valence-corrected chi connectivity index (χ3v) is 7.77. The zero-order valence-electron chi connectivity index (χ0n) is 27.2. The molecular formula is C35H44N4O6. The van der Waals surface area contributed by atoms with Gasteiger partial charge in [-0.1, -0.05) is 10.3 Å². The monoisotopic (exact) mass is 616 g/mol. The molecule has 0 N–H and O–H groups in total. The summed E-state index contributed by atoms with van der Waals surface area (Å²) in [6.07, 6.45) is 2.55. The Morgan fingerprint density at radius 3 is 1.38 bits per heavy atom. The van der Waals surface area contributed by atoms with Crippen molar-refractivity contribution in [1.82, 2.24) is 10.3 Å². The summed E-state index contributed by atoms with van der Waals surface area (Å²) in [5.41, 5.74) is 2.46. The first-order valence-electron chi connectivity index (χ1n) is 15.8. The number of nitrogens with zero attached hydrogens (tertiary/aromatic N) is 4. The van der Waals surface area contributed by atoms with Crippen LogP contribution >= 0.6 is 0 Å². The van der Waals surface area contributed by atoms with E-state index in [2.05, 4.69) is 47.8 Å². The van der Waals surface area contributed by atoms with Gasteiger partial charge in [-0.3, -0.25) is 9.59 Å². The van der Waals surface area contributed by atoms with Gasteiger partial charge in [-0.05, 0) is 97.2 Å². The minimum absolute atomic E-state index is 0.0699. The van der Waals surface area contributed by atoms with E-state index >= 15 is 0 Å². The summed E-state index contributed by atoms with van der Waals surface area (Å²) in [7, 11) is 0. The van der Waals surface area contributed by atoms with Crippen LogP contribution in [0.2, 0.25) is 0 Å². The molecule has 0 bridgehead atoms. The lowest BCUT2D eigenvalue weighted by atomic mass is 10.0. The van der Waals surface area contributed by atoms with Crippen LogP contribution in [0.15, 0.2) is 57.6 Å². The molecular weight excluding hydrogens is 572 g/mol. The summed E-state index contributed by atoms with van der Waals surface area (Å²) in [6, 6.07) is 14.7. The normalized spacial score (nSPS) is 11.0. The van der Waals surface area contributed by atoms with E-state index in [1.54, 1.807) is 12.1 Å². The molecule has 0 aliphatic rings. The maximum absolute atomic E-state index is 12.4. The first-order valence-corrected chi connectivity index (χ1v) is 15.8. The van der Waals surface area contributed by atoms with Crippen molar-refractivity contribution < 1.29 is 28.1 Å². The van der Waals surface area contributed by atoms with Gasteiger partial charge in [0.05, 0.1) is 13.2 Å². The molecule has 0 radical (unpaired) electrons. The Labute approximate surface area is 265 Å². The van der Waals surface area contributed by atoms with E-state index in [1.807, 2.05) is 36.4 Å². The third-order valence-electron chi connectivity index (χ3n) is 7.77. The number of Topliss-reactive ketones (excluding diaryl/α,β-unsaturated/α-hetero) is 2. The van der Waals surface area contributed by atoms with Crippen molar-refractivity contribution >= 4 is 23.2 Å². The molecule has 240 valence electrons. The molecule has 0 aliphatic heterocycles. The number of ketones is 2. The van der Waals surface area contributed by atoms with E-state index in [1.165, 1.54) is 13.8 Å². The number of hydrogen-bond acceptors (Lipinski definition) is 10. The topological polar surface area (TPSA) is 111 Å². The van der Waals surface area contributed by atoms with Crippen LogP contribution in [-0.4, -0.2) is 61.3 Å². The molecule has 0 saturated heterocycles. The molecule has 4 rings (SSSR count). The largest absolute Gasteiger partial charge is 0.494 e. The molecule has 45 heavy (non-hydrogen) atoms. The van der Waals surface area contributed by atoms with Gasteiger partial charge in [0.25, 0.3) is 0 Å². The van der Waals surface area contributed by atoms with Crippen molar-refractivity contribution in [2.45, 2.75) is 60.8 Å². The van der Waals surface area contributed by atoms with Crippen LogP contribution < -0.4 is 19.3 Å². The van der Waals surface area contributed by atoms with Gasteiger partial charge in [-0.2, -0.15) is 0 Å². The smallest absolute Gasteiger partial charge is 0.172 e. The zero-order chi connectivity index (χ0) is 32.3. The van der Waals surface area contributed by atoms with Crippen LogP contribution in [0.1, 0.15) is 81.5 Å². The molecule has 0 unspecified atom stereocenters. The Balaban J connectivity index is 1.27. The molecule has 0 aliphatic carbocycles. The first kappa shape index (κ1) is 33.3. The lowest BCUT2D eigenvalue weighted by Crippen LogP contribution is -2.21. The SMILES string of the molecule is CCN(CC)c1cc(-c2ccc(OCCCCCOc3ccc(-c4cc(N(CC)CC)no4)c(C(C)=O)c3)cc2C(C)=O)on1. The lowest BCUT2D eigenvalue weighted by Gasteiger charge is -2.15. The van der Waals surface area contributed by atoms with Crippen LogP contribution in [0.25, 0.3) is 22.6 Å². The standard InChI is InChI=1S/C35H44N4O6/c1-7-38(8-2)34-22-32(44-36-34)28-16-14-26(20-30(28)24(5)40)42-18-12-11-13-19-43-27-15-17-29(31(21-27)25(6)41)33-23-35(37-45-33)39(9-3)10-4/h14-17,20-23H,7-13,18-19H2,1-6H3. The highest BCUT2D eigenvalue weighted by atomic mass is 16.5. The minimum Gasteiger partial charge on any atom is -0.494 e. The number of anilines is 2. The fourth-order valence-electron chi connectivity index (χ4n) is 5.18. The number of carbonyl (C=O) groups excluding carboxylic acids is 2. The van der Waals surface area contributed by atoms with Gasteiger partial charge in [0.2, 0.25) is 0 Å². The van der Waals surface area contributed by atoms with E-state index < -0.39 is 0 Å². The van der Waals surface area contributed by atoms with E-state index in [4.69, 9.17) is 18.5 Å². The molecule has 10 heteroatoms. The molecule has 0 fully saturated rings. The lowest BCUT2D eigenvalue weighted by molar-refractivity contribution is 0.100. The van der Waals surface area contributed by atoms with Crippen LogP contribution in [0.4, 0.5) is 11.6 Å². The van der Waals surface area contributed by atoms with Crippen molar-refractivity contribution in [3.8, 4) is 34.1 Å². The maximum Gasteiger partial charge on any atom is 0.172 e. The summed E-state index contributed by atoms with van der Waals surface area (Å²) in [4.78, 5) is 29.1. The molecule has 0 saturated carbocycles. The number of benzene rings is 2. The molecule has 2 heterocycles. The Hall–Kier alpha value is -4.60. The molecule has 2 aromatic heterocycles. The predicted octanol–water partition coefficient (Wildman–Crippen LogP) is 7.72. The number of aromatic nitrogens is 2. The second kappa shape index (κ2) is 15.9. The van der Waals surface area contributed by atoms with E-state index in [0.29, 0.717) is 58.5 Å². The fraction of sp³-hybridized carbons (Fsp3) is 0.429. The maximum atomic E-state index is 12.4.